The maximum Gasteiger partial charge on any atom is 0.142 e. The van der Waals surface area contributed by atoms with Crippen LogP contribution in [0.1, 0.15) is 33.1 Å². The van der Waals surface area contributed by atoms with Crippen molar-refractivity contribution in [2.45, 2.75) is 33.1 Å². The second kappa shape index (κ2) is 6.00. The average molecular weight is 286 g/mol. The number of anilines is 1. The van der Waals surface area contributed by atoms with Crippen molar-refractivity contribution in [3.8, 4) is 5.75 Å². The lowest BCUT2D eigenvalue weighted by molar-refractivity contribution is 0.336. The van der Waals surface area contributed by atoms with E-state index in [9.17, 15) is 0 Å². The van der Waals surface area contributed by atoms with Gasteiger partial charge in [0.1, 0.15) is 5.75 Å². The predicted octanol–water partition coefficient (Wildman–Crippen LogP) is 4.07. The normalized spacial score (nSPS) is 18.4. The summed E-state index contributed by atoms with van der Waals surface area (Å²) in [5, 5.41) is 0. The molecule has 0 unspecified atom stereocenters. The van der Waals surface area contributed by atoms with Gasteiger partial charge in [0, 0.05) is 18.4 Å². The Labute approximate surface area is 128 Å². The number of benzene rings is 1. The first-order valence-corrected chi connectivity index (χ1v) is 8.02. The van der Waals surface area contributed by atoms with Gasteiger partial charge < -0.3 is 14.5 Å². The summed E-state index contributed by atoms with van der Waals surface area (Å²) in [7, 11) is 1.75. The molecule has 1 aliphatic heterocycles. The quantitative estimate of drug-likeness (QED) is 0.784. The monoisotopic (exact) mass is 286 g/mol. The van der Waals surface area contributed by atoms with Crippen molar-refractivity contribution in [3.63, 3.8) is 0 Å². The van der Waals surface area contributed by atoms with E-state index in [0.29, 0.717) is 5.92 Å². The summed E-state index contributed by atoms with van der Waals surface area (Å²) in [5.41, 5.74) is 2.64. The Morgan fingerprint density at radius 2 is 2.00 bits per heavy atom. The van der Waals surface area contributed by atoms with Crippen LogP contribution in [-0.4, -0.2) is 25.2 Å². The molecule has 1 saturated carbocycles. The van der Waals surface area contributed by atoms with Crippen LogP contribution in [0.5, 0.6) is 5.75 Å². The highest BCUT2D eigenvalue weighted by Gasteiger charge is 2.30. The first-order chi connectivity index (χ1) is 10.2. The van der Waals surface area contributed by atoms with Crippen molar-refractivity contribution in [1.29, 1.82) is 0 Å². The van der Waals surface area contributed by atoms with Crippen LogP contribution in [0.2, 0.25) is 0 Å². The Morgan fingerprint density at radius 1 is 1.24 bits per heavy atom. The Balaban J connectivity index is 1.80. The third-order valence-electron chi connectivity index (χ3n) is 4.22. The zero-order valence-electron chi connectivity index (χ0n) is 13.4. The third-order valence-corrected chi connectivity index (χ3v) is 4.22. The molecule has 1 aromatic carbocycles. The molecule has 114 valence electrons. The van der Waals surface area contributed by atoms with Gasteiger partial charge in [0.15, 0.2) is 0 Å². The van der Waals surface area contributed by atoms with Gasteiger partial charge in [0.05, 0.1) is 19.5 Å². The molecule has 3 heteroatoms. The molecule has 0 spiro atoms. The van der Waals surface area contributed by atoms with Gasteiger partial charge in [-0.15, -0.1) is 0 Å². The molecule has 0 atom stereocenters. The number of methoxy groups -OCH3 is 1. The van der Waals surface area contributed by atoms with Gasteiger partial charge in [0.25, 0.3) is 0 Å². The molecule has 0 bridgehead atoms. The Bertz CT molecular complexity index is 520. The fourth-order valence-corrected chi connectivity index (χ4v) is 2.98. The van der Waals surface area contributed by atoms with E-state index in [2.05, 4.69) is 42.0 Å². The van der Waals surface area contributed by atoms with Gasteiger partial charge in [-0.1, -0.05) is 26.0 Å². The van der Waals surface area contributed by atoms with Gasteiger partial charge in [-0.3, -0.25) is 0 Å². The Kier molecular flexibility index (Phi) is 4.09. The van der Waals surface area contributed by atoms with Gasteiger partial charge in [-0.05, 0) is 43.2 Å². The van der Waals surface area contributed by atoms with E-state index in [1.54, 1.807) is 7.11 Å². The largest absolute Gasteiger partial charge is 0.495 e. The summed E-state index contributed by atoms with van der Waals surface area (Å²) in [4.78, 5) is 4.89. The van der Waals surface area contributed by atoms with Crippen molar-refractivity contribution < 1.29 is 4.74 Å². The number of para-hydroxylation sites is 2. The second-order valence-electron chi connectivity index (χ2n) is 6.67. The lowest BCUT2D eigenvalue weighted by atomic mass is 10.1. The molecule has 0 saturated heterocycles. The lowest BCUT2D eigenvalue weighted by Crippen LogP contribution is -2.29. The number of rotatable bonds is 6. The van der Waals surface area contributed by atoms with Crippen LogP contribution in [0.3, 0.4) is 0 Å². The molecule has 3 nitrogen and oxygen atoms in total. The molecule has 1 fully saturated rings. The SMILES string of the molecule is COc1ccccc1N1C=C(CC(C)C)N(CC2CC2)C1. The standard InChI is InChI=1S/C18H26N2O/c1-14(2)10-16-12-20(13-19(16)11-15-8-9-15)17-6-4-5-7-18(17)21-3/h4-7,12,14-15H,8-11,13H2,1-3H3. The maximum atomic E-state index is 5.51. The van der Waals surface area contributed by atoms with E-state index in [1.807, 2.05) is 12.1 Å². The van der Waals surface area contributed by atoms with Crippen LogP contribution in [-0.2, 0) is 0 Å². The van der Waals surface area contributed by atoms with Gasteiger partial charge in [0.2, 0.25) is 0 Å². The molecule has 1 heterocycles. The minimum atomic E-state index is 0.690. The summed E-state index contributed by atoms with van der Waals surface area (Å²) in [6.45, 7) is 6.76. The third kappa shape index (κ3) is 3.34. The fourth-order valence-electron chi connectivity index (χ4n) is 2.98. The minimum absolute atomic E-state index is 0.690. The Morgan fingerprint density at radius 3 is 2.67 bits per heavy atom. The van der Waals surface area contributed by atoms with Gasteiger partial charge in [-0.25, -0.2) is 0 Å². The van der Waals surface area contributed by atoms with E-state index < -0.39 is 0 Å². The molecular formula is C18H26N2O. The second-order valence-corrected chi connectivity index (χ2v) is 6.67. The van der Waals surface area contributed by atoms with E-state index in [1.165, 1.54) is 30.8 Å². The van der Waals surface area contributed by atoms with E-state index in [0.717, 1.165) is 24.8 Å². The molecule has 0 amide bonds. The molecule has 0 aromatic heterocycles. The molecule has 21 heavy (non-hydrogen) atoms. The molecule has 2 aliphatic rings. The summed E-state index contributed by atoms with van der Waals surface area (Å²) in [6.07, 6.45) is 6.28. The highest BCUT2D eigenvalue weighted by atomic mass is 16.5. The Hall–Kier alpha value is -1.64. The molecule has 1 aromatic rings. The minimum Gasteiger partial charge on any atom is -0.495 e. The number of allylic oxidation sites excluding steroid dienone is 1. The topological polar surface area (TPSA) is 15.7 Å². The highest BCUT2D eigenvalue weighted by Crippen LogP contribution is 2.36. The van der Waals surface area contributed by atoms with Crippen molar-refractivity contribution in [1.82, 2.24) is 4.90 Å². The molecule has 3 rings (SSSR count). The summed E-state index contributed by atoms with van der Waals surface area (Å²) in [6, 6.07) is 8.29. The first-order valence-electron chi connectivity index (χ1n) is 8.02. The van der Waals surface area contributed by atoms with Gasteiger partial charge in [-0.2, -0.15) is 0 Å². The predicted molar refractivity (Wildman–Crippen MR) is 87.3 cm³/mol. The van der Waals surface area contributed by atoms with Crippen LogP contribution in [0.4, 0.5) is 5.69 Å². The highest BCUT2D eigenvalue weighted by molar-refractivity contribution is 5.61. The molecular weight excluding hydrogens is 260 g/mol. The van der Waals surface area contributed by atoms with Crippen LogP contribution < -0.4 is 9.64 Å². The van der Waals surface area contributed by atoms with E-state index in [4.69, 9.17) is 4.74 Å². The van der Waals surface area contributed by atoms with Crippen molar-refractivity contribution in [2.75, 3.05) is 25.2 Å². The smallest absolute Gasteiger partial charge is 0.142 e. The summed E-state index contributed by atoms with van der Waals surface area (Å²) in [5.74, 6) is 2.56. The maximum absolute atomic E-state index is 5.51. The van der Waals surface area contributed by atoms with Crippen LogP contribution in [0, 0.1) is 11.8 Å². The summed E-state index contributed by atoms with van der Waals surface area (Å²) < 4.78 is 5.51. The zero-order chi connectivity index (χ0) is 14.8. The number of hydrogen-bond acceptors (Lipinski definition) is 3. The van der Waals surface area contributed by atoms with Crippen LogP contribution in [0.25, 0.3) is 0 Å². The fraction of sp³-hybridized carbons (Fsp3) is 0.556. The van der Waals surface area contributed by atoms with Gasteiger partial charge >= 0.3 is 0 Å². The van der Waals surface area contributed by atoms with Crippen LogP contribution >= 0.6 is 0 Å². The molecule has 0 radical (unpaired) electrons. The van der Waals surface area contributed by atoms with Crippen molar-refractivity contribution in [2.24, 2.45) is 11.8 Å². The van der Waals surface area contributed by atoms with Crippen molar-refractivity contribution in [3.05, 3.63) is 36.2 Å². The number of hydrogen-bond donors (Lipinski definition) is 0. The number of nitrogens with zero attached hydrogens (tertiary/aromatic N) is 2. The first kappa shape index (κ1) is 14.3. The molecule has 0 N–H and O–H groups in total. The van der Waals surface area contributed by atoms with E-state index in [-0.39, 0.29) is 0 Å². The zero-order valence-corrected chi connectivity index (χ0v) is 13.4. The molecule has 1 aliphatic carbocycles. The van der Waals surface area contributed by atoms with Crippen molar-refractivity contribution >= 4 is 5.69 Å². The lowest BCUT2D eigenvalue weighted by Gasteiger charge is -2.25. The van der Waals surface area contributed by atoms with E-state index >= 15 is 0 Å². The van der Waals surface area contributed by atoms with Crippen LogP contribution in [0.15, 0.2) is 36.2 Å². The average Bonchev–Trinajstić information content (AvgIpc) is 3.20. The number of ether oxygens (including phenoxy) is 1. The summed E-state index contributed by atoms with van der Waals surface area (Å²) >= 11 is 0.